The van der Waals surface area contributed by atoms with Crippen molar-refractivity contribution in [3.05, 3.63) is 0 Å². The lowest BCUT2D eigenvalue weighted by Gasteiger charge is -2.33. The summed E-state index contributed by atoms with van der Waals surface area (Å²) in [6.07, 6.45) is 16.4. The van der Waals surface area contributed by atoms with Gasteiger partial charge in [-0.25, -0.2) is 0 Å². The van der Waals surface area contributed by atoms with E-state index in [0.717, 1.165) is 34.5 Å². The standard InChI is InChI=1S/C61H128S24Si2/c62-12-24-74-36-48-80-42-30-68-18-6-56-86(57-7-19-69-31-43-81-49-37-75-25-13-63,58-8-20-70-32-44-82-50-38-76-26-14-64)54-4-2-1-3-5-55-87(59-9-21-71-33-45-83-51-39-77-27-15-65,60-10-22-72-34-46-84-52-40-78-28-16-66)61-11-23-73-35-47-85-53-41-79-29-17-67/h62-67H,1-61H2. The van der Waals surface area contributed by atoms with Gasteiger partial charge in [0.15, 0.2) is 0 Å². The number of thioether (sulfide) groups is 18. The van der Waals surface area contributed by atoms with E-state index in [-0.39, 0.29) is 0 Å². The maximum absolute atomic E-state index is 4.41. The highest BCUT2D eigenvalue weighted by atomic mass is 32.2. The molecule has 0 nitrogen and oxygen atoms in total. The average Bonchev–Trinajstić information content (AvgIpc) is 3.73. The van der Waals surface area contributed by atoms with Gasteiger partial charge in [-0.3, -0.25) is 0 Å². The lowest BCUT2D eigenvalue weighted by atomic mass is 10.2. The van der Waals surface area contributed by atoms with Crippen molar-refractivity contribution in [1.29, 1.82) is 0 Å². The Hall–Kier alpha value is 8.83. The highest BCUT2D eigenvalue weighted by molar-refractivity contribution is 8.07. The molecule has 0 aliphatic heterocycles. The third-order valence-corrected chi connectivity index (χ3v) is 50.1. The second-order valence-electron chi connectivity index (χ2n) is 21.3. The van der Waals surface area contributed by atoms with Crippen LogP contribution in [-0.2, 0) is 0 Å². The molecule has 0 saturated carbocycles. The molecule has 0 saturated heterocycles. The van der Waals surface area contributed by atoms with Crippen LogP contribution in [-0.4, -0.2) is 258 Å². The van der Waals surface area contributed by atoms with Crippen molar-refractivity contribution in [2.24, 2.45) is 0 Å². The zero-order valence-electron chi connectivity index (χ0n) is 54.2. The van der Waals surface area contributed by atoms with Gasteiger partial charge in [-0.2, -0.15) is 287 Å². The Morgan fingerprint density at radius 1 is 0.126 bits per heavy atom. The number of thiol groups is 6. The van der Waals surface area contributed by atoms with E-state index in [9.17, 15) is 0 Å². The SMILES string of the molecule is SCCSCCSCCSCCC[Si](CCCCCCC[Si](CCCSCCSCCSCCS)(CCCSCCSCCSCCS)CCCSCCSCCSCCS)(CCCSCCSCCSCCS)CCCSCCSCCSCCS. The van der Waals surface area contributed by atoms with Crippen LogP contribution < -0.4 is 0 Å². The van der Waals surface area contributed by atoms with Gasteiger partial charge in [-0.15, -0.1) is 0 Å². The van der Waals surface area contributed by atoms with Crippen LogP contribution in [0.3, 0.4) is 0 Å². The predicted molar refractivity (Wildman–Crippen MR) is 496 cm³/mol. The Labute approximate surface area is 655 Å². The van der Waals surface area contributed by atoms with Gasteiger partial charge < -0.3 is 0 Å². The molecule has 0 bridgehead atoms. The molecule has 87 heavy (non-hydrogen) atoms. The van der Waals surface area contributed by atoms with Crippen molar-refractivity contribution in [1.82, 2.24) is 0 Å². The van der Waals surface area contributed by atoms with Crippen molar-refractivity contribution in [2.75, 3.05) is 242 Å². The van der Waals surface area contributed by atoms with E-state index >= 15 is 0 Å². The Kier molecular flexibility index (Phi) is 92.3. The molecule has 0 N–H and O–H groups in total. The topological polar surface area (TPSA) is 0 Å². The summed E-state index contributed by atoms with van der Waals surface area (Å²) in [4.78, 5) is 0. The van der Waals surface area contributed by atoms with Gasteiger partial charge in [-0.1, -0.05) is 80.5 Å². The van der Waals surface area contributed by atoms with Crippen LogP contribution in [0.15, 0.2) is 0 Å². The van der Waals surface area contributed by atoms with Crippen LogP contribution in [0.25, 0.3) is 0 Å². The summed E-state index contributed by atoms with van der Waals surface area (Å²) >= 11 is 65.7. The first kappa shape index (κ1) is 95.8. The van der Waals surface area contributed by atoms with E-state index in [2.05, 4.69) is 287 Å². The molecule has 26 heteroatoms. The summed E-state index contributed by atoms with van der Waals surface area (Å²) in [5.41, 5.74) is 0. The number of rotatable bonds is 80. The molecule has 0 aliphatic rings. The first-order valence-electron chi connectivity index (χ1n) is 33.1. The van der Waals surface area contributed by atoms with E-state index in [0.29, 0.717) is 0 Å². The molecule has 0 aromatic carbocycles. The van der Waals surface area contributed by atoms with Crippen LogP contribution in [0.2, 0.25) is 48.4 Å². The quantitative estimate of drug-likeness (QED) is 0.0194. The van der Waals surface area contributed by atoms with E-state index in [1.165, 1.54) is 278 Å². The zero-order valence-corrected chi connectivity index (χ0v) is 76.2. The molecule has 0 atom stereocenters. The summed E-state index contributed by atoms with van der Waals surface area (Å²) in [5.74, 6) is 53.1. The van der Waals surface area contributed by atoms with Gasteiger partial charge in [0.25, 0.3) is 0 Å². The van der Waals surface area contributed by atoms with Crippen LogP contribution in [0.5, 0.6) is 0 Å². The van der Waals surface area contributed by atoms with Crippen molar-refractivity contribution in [2.45, 2.75) is 119 Å². The summed E-state index contributed by atoms with van der Waals surface area (Å²) in [5, 5.41) is 0. The minimum absolute atomic E-state index is 1.01. The van der Waals surface area contributed by atoms with Gasteiger partial charge >= 0.3 is 0 Å². The minimum Gasteiger partial charge on any atom is -0.179 e. The molecule has 0 aromatic rings. The Balaban J connectivity index is 6.00. The lowest BCUT2D eigenvalue weighted by molar-refractivity contribution is 0.643. The number of hydrogen-bond acceptors (Lipinski definition) is 24. The molecule has 0 fully saturated rings. The predicted octanol–water partition coefficient (Wildman–Crippen LogP) is 23.0. The molecule has 0 heterocycles. The van der Waals surface area contributed by atoms with E-state index in [1.807, 2.05) is 0 Å². The van der Waals surface area contributed by atoms with Gasteiger partial charge in [0, 0.05) is 173 Å². The molecular weight excluding hydrogens is 1560 g/mol. The van der Waals surface area contributed by atoms with Crippen molar-refractivity contribution in [3.63, 3.8) is 0 Å². The molecule has 0 radical (unpaired) electrons. The maximum atomic E-state index is 4.41. The van der Waals surface area contributed by atoms with E-state index in [4.69, 9.17) is 0 Å². The molecule has 0 amide bonds. The molecule has 0 spiro atoms. The summed E-state index contributed by atoms with van der Waals surface area (Å²) < 4.78 is 0. The third-order valence-electron chi connectivity index (χ3n) is 14.3. The summed E-state index contributed by atoms with van der Waals surface area (Å²) in [6, 6.07) is 12.8. The molecule has 0 rings (SSSR count). The highest BCUT2D eigenvalue weighted by Crippen LogP contribution is 2.37. The lowest BCUT2D eigenvalue weighted by Crippen LogP contribution is -2.34. The molecule has 0 aromatic heterocycles. The van der Waals surface area contributed by atoms with E-state index in [1.54, 1.807) is 48.4 Å². The fourth-order valence-electron chi connectivity index (χ4n) is 9.96. The normalized spacial score (nSPS) is 12.2. The van der Waals surface area contributed by atoms with Gasteiger partial charge in [0.1, 0.15) is 0 Å². The van der Waals surface area contributed by atoms with E-state index < -0.39 is 16.1 Å². The third kappa shape index (κ3) is 74.4. The van der Waals surface area contributed by atoms with Crippen molar-refractivity contribution in [3.8, 4) is 0 Å². The highest BCUT2D eigenvalue weighted by Gasteiger charge is 2.32. The number of unbranched alkanes of at least 4 members (excludes halogenated alkanes) is 4. The fourth-order valence-corrected chi connectivity index (χ4v) is 42.2. The zero-order chi connectivity index (χ0) is 62.9. The van der Waals surface area contributed by atoms with Crippen LogP contribution in [0.1, 0.15) is 70.6 Å². The van der Waals surface area contributed by atoms with Crippen molar-refractivity contribution < 1.29 is 0 Å². The molecule has 524 valence electrons. The smallest absolute Gasteiger partial charge is 0.0536 e. The Morgan fingerprint density at radius 2 is 0.241 bits per heavy atom. The van der Waals surface area contributed by atoms with Gasteiger partial charge in [0.05, 0.1) is 16.1 Å². The first-order chi connectivity index (χ1) is 43.1. The first-order valence-corrected chi connectivity index (χ1v) is 63.4. The second-order valence-corrected chi connectivity index (χ2v) is 56.0. The van der Waals surface area contributed by atoms with Gasteiger partial charge in [0.2, 0.25) is 0 Å². The van der Waals surface area contributed by atoms with Crippen LogP contribution >= 0.6 is 287 Å². The largest absolute Gasteiger partial charge is 0.179 e. The minimum atomic E-state index is -1.38. The van der Waals surface area contributed by atoms with Crippen molar-refractivity contribution >= 4 is 304 Å². The molecule has 0 aliphatic carbocycles. The Morgan fingerprint density at radius 3 is 0.391 bits per heavy atom. The molecule has 0 unspecified atom stereocenters. The second kappa shape index (κ2) is 83.8. The Bertz CT molecular complexity index is 1050. The number of hydrogen-bond donors (Lipinski definition) is 6. The maximum Gasteiger partial charge on any atom is 0.0536 e. The monoisotopic (exact) mass is 1680 g/mol. The van der Waals surface area contributed by atoms with Crippen LogP contribution in [0, 0.1) is 0 Å². The van der Waals surface area contributed by atoms with Gasteiger partial charge in [-0.05, 0) is 108 Å². The molecular formula is C61H128S24Si2. The summed E-state index contributed by atoms with van der Waals surface area (Å²) in [7, 11) is -2.77. The summed E-state index contributed by atoms with van der Waals surface area (Å²) in [6.45, 7) is 0. The van der Waals surface area contributed by atoms with Crippen LogP contribution in [0.4, 0.5) is 0 Å². The average molecular weight is 1690 g/mol. The fraction of sp³-hybridized carbons (Fsp3) is 1.00.